The summed E-state index contributed by atoms with van der Waals surface area (Å²) in [6.45, 7) is 5.19. The molecule has 1 atom stereocenters. The molecule has 0 aliphatic heterocycles. The largest absolute Gasteiger partial charge is 0.449 e. The Morgan fingerprint density at radius 2 is 1.76 bits per heavy atom. The SMILES string of the molecule is Cc1cc(C)cc(C(=O)O[C@@H](C)C(=O)Nc2nc(-c3ccc(F)c(F)c3)cs2)c1. The number of amides is 1. The van der Waals surface area contributed by atoms with E-state index in [1.165, 1.54) is 13.0 Å². The fraction of sp³-hybridized carbons (Fsp3) is 0.190. The van der Waals surface area contributed by atoms with E-state index in [9.17, 15) is 18.4 Å². The Hall–Kier alpha value is -3.13. The van der Waals surface area contributed by atoms with Crippen molar-refractivity contribution < 1.29 is 23.1 Å². The number of hydrogen-bond donors (Lipinski definition) is 1. The van der Waals surface area contributed by atoms with Crippen LogP contribution in [-0.2, 0) is 9.53 Å². The number of nitrogens with zero attached hydrogens (tertiary/aromatic N) is 1. The highest BCUT2D eigenvalue weighted by Crippen LogP contribution is 2.26. The van der Waals surface area contributed by atoms with Gasteiger partial charge in [-0.3, -0.25) is 10.1 Å². The predicted octanol–water partition coefficient (Wildman–Crippen LogP) is 4.89. The number of thiazole rings is 1. The topological polar surface area (TPSA) is 68.3 Å². The molecule has 1 aromatic heterocycles. The van der Waals surface area contributed by atoms with Gasteiger partial charge >= 0.3 is 5.97 Å². The molecule has 0 spiro atoms. The number of aromatic nitrogens is 1. The molecule has 0 saturated carbocycles. The molecule has 0 aliphatic carbocycles. The van der Waals surface area contributed by atoms with Gasteiger partial charge in [-0.1, -0.05) is 17.2 Å². The lowest BCUT2D eigenvalue weighted by atomic mass is 10.1. The Balaban J connectivity index is 1.64. The minimum absolute atomic E-state index is 0.254. The number of aryl methyl sites for hydroxylation is 2. The second kappa shape index (κ2) is 8.48. The average Bonchev–Trinajstić information content (AvgIpc) is 3.11. The van der Waals surface area contributed by atoms with Crippen molar-refractivity contribution >= 4 is 28.3 Å². The van der Waals surface area contributed by atoms with E-state index in [0.717, 1.165) is 34.6 Å². The first-order valence-corrected chi connectivity index (χ1v) is 9.62. The molecule has 5 nitrogen and oxygen atoms in total. The number of hydrogen-bond acceptors (Lipinski definition) is 5. The van der Waals surface area contributed by atoms with Gasteiger partial charge in [0.05, 0.1) is 11.3 Å². The Morgan fingerprint density at radius 1 is 1.07 bits per heavy atom. The number of benzene rings is 2. The summed E-state index contributed by atoms with van der Waals surface area (Å²) in [5.41, 5.74) is 2.99. The summed E-state index contributed by atoms with van der Waals surface area (Å²) in [7, 11) is 0. The summed E-state index contributed by atoms with van der Waals surface area (Å²) in [5, 5.41) is 4.42. The van der Waals surface area contributed by atoms with Gasteiger partial charge in [-0.2, -0.15) is 0 Å². The van der Waals surface area contributed by atoms with Crippen LogP contribution in [0.3, 0.4) is 0 Å². The van der Waals surface area contributed by atoms with Crippen molar-refractivity contribution in [1.82, 2.24) is 4.98 Å². The van der Waals surface area contributed by atoms with E-state index >= 15 is 0 Å². The van der Waals surface area contributed by atoms with Crippen LogP contribution in [-0.4, -0.2) is 23.0 Å². The second-order valence-corrected chi connectivity index (χ2v) is 7.44. The molecule has 1 N–H and O–H groups in total. The minimum Gasteiger partial charge on any atom is -0.449 e. The van der Waals surface area contributed by atoms with Gasteiger partial charge in [-0.05, 0) is 51.1 Å². The Bertz CT molecular complexity index is 1060. The van der Waals surface area contributed by atoms with Gasteiger partial charge in [0.1, 0.15) is 0 Å². The molecule has 3 rings (SSSR count). The van der Waals surface area contributed by atoms with Crippen LogP contribution in [0.4, 0.5) is 13.9 Å². The molecule has 0 radical (unpaired) electrons. The number of ether oxygens (including phenoxy) is 1. The minimum atomic E-state index is -1.04. The zero-order chi connectivity index (χ0) is 21.1. The zero-order valence-electron chi connectivity index (χ0n) is 16.0. The Morgan fingerprint density at radius 3 is 2.41 bits per heavy atom. The third kappa shape index (κ3) is 5.03. The Labute approximate surface area is 170 Å². The normalized spacial score (nSPS) is 11.8. The summed E-state index contributed by atoms with van der Waals surface area (Å²) in [6, 6.07) is 8.75. The fourth-order valence-corrected chi connectivity index (χ4v) is 3.42. The molecule has 29 heavy (non-hydrogen) atoms. The lowest BCUT2D eigenvalue weighted by Crippen LogP contribution is -2.30. The summed E-state index contributed by atoms with van der Waals surface area (Å²) < 4.78 is 31.7. The molecule has 0 bridgehead atoms. The number of esters is 1. The second-order valence-electron chi connectivity index (χ2n) is 6.58. The standard InChI is InChI=1S/C21H18F2N2O3S/c1-11-6-12(2)8-15(7-11)20(27)28-13(3)19(26)25-21-24-18(10-29-21)14-4-5-16(22)17(23)9-14/h4-10,13H,1-3H3,(H,24,25,26)/t13-/m0/s1. The molecule has 0 fully saturated rings. The highest BCUT2D eigenvalue weighted by atomic mass is 32.1. The van der Waals surface area contributed by atoms with Gasteiger partial charge in [0.2, 0.25) is 0 Å². The third-order valence-corrected chi connectivity index (χ3v) is 4.82. The van der Waals surface area contributed by atoms with Crippen LogP contribution in [0.25, 0.3) is 11.3 Å². The van der Waals surface area contributed by atoms with Gasteiger partial charge < -0.3 is 4.74 Å². The first-order chi connectivity index (χ1) is 13.7. The monoisotopic (exact) mass is 416 g/mol. The van der Waals surface area contributed by atoms with Crippen LogP contribution < -0.4 is 5.32 Å². The first kappa shape index (κ1) is 20.6. The molecular weight excluding hydrogens is 398 g/mol. The zero-order valence-corrected chi connectivity index (χ0v) is 16.8. The lowest BCUT2D eigenvalue weighted by Gasteiger charge is -2.13. The summed E-state index contributed by atoms with van der Waals surface area (Å²) in [4.78, 5) is 28.8. The summed E-state index contributed by atoms with van der Waals surface area (Å²) in [5.74, 6) is -3.07. The van der Waals surface area contributed by atoms with E-state index in [1.807, 2.05) is 19.9 Å². The summed E-state index contributed by atoms with van der Waals surface area (Å²) in [6.07, 6.45) is -1.04. The molecule has 0 aliphatic rings. The van der Waals surface area contributed by atoms with Crippen LogP contribution >= 0.6 is 11.3 Å². The summed E-state index contributed by atoms with van der Waals surface area (Å²) >= 11 is 1.12. The number of carbonyl (C=O) groups excluding carboxylic acids is 2. The Kier molecular flexibility index (Phi) is 6.03. The molecule has 3 aromatic rings. The molecule has 8 heteroatoms. The van der Waals surface area contributed by atoms with Crippen molar-refractivity contribution in [1.29, 1.82) is 0 Å². The van der Waals surface area contributed by atoms with Gasteiger partial charge in [-0.25, -0.2) is 18.6 Å². The molecule has 0 saturated heterocycles. The van der Waals surface area contributed by atoms with E-state index in [-0.39, 0.29) is 5.13 Å². The fourth-order valence-electron chi connectivity index (χ4n) is 2.70. The maximum atomic E-state index is 13.4. The quantitative estimate of drug-likeness (QED) is 0.602. The molecule has 2 aromatic carbocycles. The highest BCUT2D eigenvalue weighted by molar-refractivity contribution is 7.14. The van der Waals surface area contributed by atoms with Crippen LogP contribution in [0.5, 0.6) is 0 Å². The van der Waals surface area contributed by atoms with Gasteiger partial charge in [0.15, 0.2) is 22.9 Å². The van der Waals surface area contributed by atoms with Gasteiger partial charge in [0.25, 0.3) is 5.91 Å². The van der Waals surface area contributed by atoms with Crippen LogP contribution in [0.15, 0.2) is 41.8 Å². The van der Waals surface area contributed by atoms with Crippen LogP contribution in [0.2, 0.25) is 0 Å². The number of anilines is 1. The van der Waals surface area contributed by atoms with E-state index < -0.39 is 29.6 Å². The van der Waals surface area contributed by atoms with Crippen LogP contribution in [0, 0.1) is 25.5 Å². The molecule has 150 valence electrons. The van der Waals surface area contributed by atoms with Crippen molar-refractivity contribution in [2.24, 2.45) is 0 Å². The van der Waals surface area contributed by atoms with E-state index in [4.69, 9.17) is 4.74 Å². The third-order valence-electron chi connectivity index (χ3n) is 4.06. The van der Waals surface area contributed by atoms with E-state index in [1.54, 1.807) is 17.5 Å². The lowest BCUT2D eigenvalue weighted by molar-refractivity contribution is -0.123. The van der Waals surface area contributed by atoms with Crippen LogP contribution in [0.1, 0.15) is 28.4 Å². The van der Waals surface area contributed by atoms with Crippen molar-refractivity contribution in [3.63, 3.8) is 0 Å². The maximum absolute atomic E-state index is 13.4. The highest BCUT2D eigenvalue weighted by Gasteiger charge is 2.20. The van der Waals surface area contributed by atoms with Crippen molar-refractivity contribution in [3.05, 3.63) is 70.1 Å². The number of rotatable bonds is 5. The number of carbonyl (C=O) groups is 2. The van der Waals surface area contributed by atoms with Crippen molar-refractivity contribution in [2.75, 3.05) is 5.32 Å². The van der Waals surface area contributed by atoms with Gasteiger partial charge in [-0.15, -0.1) is 11.3 Å². The van der Waals surface area contributed by atoms with Crippen molar-refractivity contribution in [2.45, 2.75) is 26.9 Å². The van der Waals surface area contributed by atoms with E-state index in [2.05, 4.69) is 10.3 Å². The number of halogens is 2. The maximum Gasteiger partial charge on any atom is 0.338 e. The molecule has 0 unspecified atom stereocenters. The van der Waals surface area contributed by atoms with Gasteiger partial charge in [0, 0.05) is 10.9 Å². The number of nitrogens with one attached hydrogen (secondary N) is 1. The predicted molar refractivity (Wildman–Crippen MR) is 107 cm³/mol. The first-order valence-electron chi connectivity index (χ1n) is 8.74. The molecule has 1 heterocycles. The molecular formula is C21H18F2N2O3S. The van der Waals surface area contributed by atoms with E-state index in [0.29, 0.717) is 16.8 Å². The smallest absolute Gasteiger partial charge is 0.338 e. The average molecular weight is 416 g/mol. The van der Waals surface area contributed by atoms with Crippen molar-refractivity contribution in [3.8, 4) is 11.3 Å². The molecule has 1 amide bonds.